The molecule has 0 unspecified atom stereocenters. The van der Waals surface area contributed by atoms with Crippen molar-refractivity contribution in [2.45, 2.75) is 0 Å². The minimum absolute atomic E-state index is 0.0142. The number of amidine groups is 1. The maximum absolute atomic E-state index is 12.6. The average Bonchev–Trinajstić information content (AvgIpc) is 3.33. The van der Waals surface area contributed by atoms with Crippen molar-refractivity contribution < 1.29 is 14.6 Å². The second-order valence-electron chi connectivity index (χ2n) is 6.47. The van der Waals surface area contributed by atoms with Crippen LogP contribution in [0.5, 0.6) is 5.75 Å². The van der Waals surface area contributed by atoms with Gasteiger partial charge in [-0.1, -0.05) is 29.8 Å². The van der Waals surface area contributed by atoms with Gasteiger partial charge in [0.1, 0.15) is 16.5 Å². The van der Waals surface area contributed by atoms with E-state index in [0.717, 1.165) is 11.3 Å². The van der Waals surface area contributed by atoms with Gasteiger partial charge >= 0.3 is 0 Å². The number of aliphatic hydroxyl groups is 1. The van der Waals surface area contributed by atoms with Crippen LogP contribution in [-0.4, -0.2) is 40.5 Å². The summed E-state index contributed by atoms with van der Waals surface area (Å²) in [5.74, 6) is 0.0933. The smallest absolute Gasteiger partial charge is 0.269 e. The highest BCUT2D eigenvalue weighted by Gasteiger charge is 2.31. The van der Waals surface area contributed by atoms with Gasteiger partial charge in [0, 0.05) is 21.5 Å². The molecule has 0 atom stereocenters. The molecule has 3 N–H and O–H groups in total. The van der Waals surface area contributed by atoms with E-state index in [1.54, 1.807) is 36.4 Å². The lowest BCUT2D eigenvalue weighted by molar-refractivity contribution is 0.0874. The van der Waals surface area contributed by atoms with Crippen molar-refractivity contribution in [3.63, 3.8) is 0 Å². The number of aliphatic hydroxyl groups excluding tert-OH is 1. The SMILES string of the molecule is COc1cccc(C(=O)NN2CC(O)=C(c3nc(-c4ccc(Cl)cc4)cs3)C2=N)c1. The molecule has 0 radical (unpaired) electrons. The lowest BCUT2D eigenvalue weighted by Crippen LogP contribution is -2.43. The molecule has 0 aliphatic carbocycles. The maximum atomic E-state index is 12.6. The zero-order chi connectivity index (χ0) is 21.3. The lowest BCUT2D eigenvalue weighted by Gasteiger charge is -2.19. The highest BCUT2D eigenvalue weighted by Crippen LogP contribution is 2.32. The summed E-state index contributed by atoms with van der Waals surface area (Å²) in [4.78, 5) is 17.1. The fourth-order valence-electron chi connectivity index (χ4n) is 2.99. The van der Waals surface area contributed by atoms with Crippen LogP contribution in [0.4, 0.5) is 0 Å². The topological polar surface area (TPSA) is 98.5 Å². The van der Waals surface area contributed by atoms with Crippen LogP contribution in [0.25, 0.3) is 16.8 Å². The molecule has 0 spiro atoms. The number of ether oxygens (including phenoxy) is 1. The van der Waals surface area contributed by atoms with Crippen molar-refractivity contribution >= 4 is 40.3 Å². The van der Waals surface area contributed by atoms with E-state index in [9.17, 15) is 9.90 Å². The third kappa shape index (κ3) is 3.87. The van der Waals surface area contributed by atoms with Gasteiger partial charge in [0.25, 0.3) is 5.91 Å². The van der Waals surface area contributed by atoms with E-state index in [2.05, 4.69) is 10.4 Å². The summed E-state index contributed by atoms with van der Waals surface area (Å²) in [6, 6.07) is 14.0. The van der Waals surface area contributed by atoms with Gasteiger partial charge in [0.05, 0.1) is 24.9 Å². The van der Waals surface area contributed by atoms with Gasteiger partial charge in [0.15, 0.2) is 5.84 Å². The summed E-state index contributed by atoms with van der Waals surface area (Å²) in [7, 11) is 1.52. The number of benzene rings is 2. The number of carbonyl (C=O) groups excluding carboxylic acids is 1. The Morgan fingerprint density at radius 3 is 2.80 bits per heavy atom. The first-order valence-electron chi connectivity index (χ1n) is 8.91. The Kier molecular flexibility index (Phi) is 5.43. The van der Waals surface area contributed by atoms with Crippen LogP contribution in [0.3, 0.4) is 0 Å². The van der Waals surface area contributed by atoms with E-state index in [1.807, 2.05) is 17.5 Å². The highest BCUT2D eigenvalue weighted by molar-refractivity contribution is 7.11. The fourth-order valence-corrected chi connectivity index (χ4v) is 4.01. The largest absolute Gasteiger partial charge is 0.509 e. The molecule has 0 bridgehead atoms. The molecule has 2 aromatic carbocycles. The average molecular weight is 441 g/mol. The summed E-state index contributed by atoms with van der Waals surface area (Å²) in [5.41, 5.74) is 4.93. The zero-order valence-electron chi connectivity index (χ0n) is 15.8. The van der Waals surface area contributed by atoms with Crippen LogP contribution in [0.2, 0.25) is 5.02 Å². The molecule has 0 fully saturated rings. The summed E-state index contributed by atoms with van der Waals surface area (Å²) < 4.78 is 5.14. The molecular formula is C21H17ClN4O3S. The van der Waals surface area contributed by atoms with Crippen molar-refractivity contribution in [3.8, 4) is 17.0 Å². The van der Waals surface area contributed by atoms with Crippen LogP contribution in [0, 0.1) is 5.41 Å². The van der Waals surface area contributed by atoms with E-state index < -0.39 is 5.91 Å². The van der Waals surface area contributed by atoms with E-state index in [0.29, 0.717) is 26.9 Å². The standard InChI is InChI=1S/C21H17ClN4O3S/c1-29-15-4-2-3-13(9-15)20(28)25-26-10-17(27)18(19(26)23)21-24-16(11-30-21)12-5-7-14(22)8-6-12/h2-9,11,23,27H,10H2,1H3,(H,25,28). The van der Waals surface area contributed by atoms with Crippen molar-refractivity contribution in [1.29, 1.82) is 5.41 Å². The number of carbonyl (C=O) groups is 1. The first-order chi connectivity index (χ1) is 14.5. The van der Waals surface area contributed by atoms with Gasteiger partial charge in [-0.2, -0.15) is 0 Å². The van der Waals surface area contributed by atoms with Crippen LogP contribution in [0.1, 0.15) is 15.4 Å². The molecule has 1 aromatic heterocycles. The Bertz CT molecular complexity index is 1160. The molecule has 7 nitrogen and oxygen atoms in total. The minimum Gasteiger partial charge on any atom is -0.509 e. The monoisotopic (exact) mass is 440 g/mol. The quantitative estimate of drug-likeness (QED) is 0.547. The predicted octanol–water partition coefficient (Wildman–Crippen LogP) is 4.38. The summed E-state index contributed by atoms with van der Waals surface area (Å²) in [6.07, 6.45) is 0. The number of hydrogen-bond acceptors (Lipinski definition) is 6. The number of nitrogens with one attached hydrogen (secondary N) is 2. The first-order valence-corrected chi connectivity index (χ1v) is 10.2. The Morgan fingerprint density at radius 1 is 1.30 bits per heavy atom. The van der Waals surface area contributed by atoms with Crippen LogP contribution >= 0.6 is 22.9 Å². The van der Waals surface area contributed by atoms with Crippen LogP contribution < -0.4 is 10.2 Å². The number of hydrogen-bond donors (Lipinski definition) is 3. The maximum Gasteiger partial charge on any atom is 0.269 e. The molecule has 30 heavy (non-hydrogen) atoms. The normalized spacial score (nSPS) is 13.7. The number of methoxy groups -OCH3 is 1. The van der Waals surface area contributed by atoms with Crippen LogP contribution in [-0.2, 0) is 0 Å². The number of halogens is 1. The Balaban J connectivity index is 1.51. The Morgan fingerprint density at radius 2 is 2.07 bits per heavy atom. The van der Waals surface area contributed by atoms with E-state index in [-0.39, 0.29) is 18.1 Å². The first kappa shape index (κ1) is 19.9. The van der Waals surface area contributed by atoms with Gasteiger partial charge < -0.3 is 9.84 Å². The minimum atomic E-state index is -0.409. The van der Waals surface area contributed by atoms with Gasteiger partial charge in [-0.15, -0.1) is 11.3 Å². The fraction of sp³-hybridized carbons (Fsp3) is 0.0952. The summed E-state index contributed by atoms with van der Waals surface area (Å²) in [5, 5.41) is 23.1. The summed E-state index contributed by atoms with van der Waals surface area (Å²) >= 11 is 7.25. The van der Waals surface area contributed by atoms with Gasteiger partial charge in [-0.05, 0) is 30.3 Å². The molecule has 1 amide bonds. The molecule has 1 aliphatic heterocycles. The molecule has 3 aromatic rings. The summed E-state index contributed by atoms with van der Waals surface area (Å²) in [6.45, 7) is -0.0142. The zero-order valence-corrected chi connectivity index (χ0v) is 17.4. The van der Waals surface area contributed by atoms with Gasteiger partial charge in [0.2, 0.25) is 0 Å². The second-order valence-corrected chi connectivity index (χ2v) is 7.77. The molecule has 1 aliphatic rings. The lowest BCUT2D eigenvalue weighted by atomic mass is 10.2. The van der Waals surface area contributed by atoms with Gasteiger partial charge in [-0.25, -0.2) is 4.98 Å². The number of thiazole rings is 1. The number of nitrogens with zero attached hydrogens (tertiary/aromatic N) is 2. The number of amides is 1. The molecule has 4 rings (SSSR count). The third-order valence-corrected chi connectivity index (χ3v) is 5.64. The highest BCUT2D eigenvalue weighted by atomic mass is 35.5. The van der Waals surface area contributed by atoms with Gasteiger partial charge in [-0.3, -0.25) is 20.6 Å². The molecular weight excluding hydrogens is 424 g/mol. The molecule has 0 saturated carbocycles. The third-order valence-electron chi connectivity index (χ3n) is 4.53. The van der Waals surface area contributed by atoms with E-state index >= 15 is 0 Å². The van der Waals surface area contributed by atoms with Crippen molar-refractivity contribution in [2.75, 3.05) is 13.7 Å². The van der Waals surface area contributed by atoms with Crippen LogP contribution in [0.15, 0.2) is 59.7 Å². The van der Waals surface area contributed by atoms with Crippen molar-refractivity contribution in [3.05, 3.63) is 75.3 Å². The Labute approximate surface area is 181 Å². The predicted molar refractivity (Wildman–Crippen MR) is 117 cm³/mol. The Hall–Kier alpha value is -3.36. The van der Waals surface area contributed by atoms with E-state index in [4.69, 9.17) is 21.7 Å². The number of rotatable bonds is 5. The van der Waals surface area contributed by atoms with E-state index in [1.165, 1.54) is 23.5 Å². The second kappa shape index (κ2) is 8.17. The molecule has 152 valence electrons. The van der Waals surface area contributed by atoms with Crippen molar-refractivity contribution in [1.82, 2.24) is 15.4 Å². The molecule has 0 saturated heterocycles. The van der Waals surface area contributed by atoms with Crippen molar-refractivity contribution in [2.24, 2.45) is 0 Å². The number of aromatic nitrogens is 1. The molecule has 2 heterocycles. The number of hydrazine groups is 1. The molecule has 9 heteroatoms.